The van der Waals surface area contributed by atoms with Crippen molar-refractivity contribution in [3.8, 4) is 17.4 Å². The fourth-order valence-corrected chi connectivity index (χ4v) is 2.99. The first-order valence-corrected chi connectivity index (χ1v) is 9.36. The molecule has 0 unspecified atom stereocenters. The number of hydrogen-bond donors (Lipinski definition) is 0. The highest BCUT2D eigenvalue weighted by Crippen LogP contribution is 2.31. The lowest BCUT2D eigenvalue weighted by molar-refractivity contribution is -0.137. The van der Waals surface area contributed by atoms with Crippen molar-refractivity contribution in [3.05, 3.63) is 90.0 Å². The second kappa shape index (κ2) is 8.59. The lowest BCUT2D eigenvalue weighted by Crippen LogP contribution is -2.04. The molecule has 0 fully saturated rings. The molecule has 0 aliphatic carbocycles. The zero-order chi connectivity index (χ0) is 21.8. The predicted octanol–water partition coefficient (Wildman–Crippen LogP) is 6.20. The Morgan fingerprint density at radius 1 is 0.806 bits per heavy atom. The maximum absolute atomic E-state index is 14.1. The van der Waals surface area contributed by atoms with Crippen LogP contribution in [0.3, 0.4) is 0 Å². The van der Waals surface area contributed by atoms with Gasteiger partial charge in [-0.2, -0.15) is 13.2 Å². The van der Waals surface area contributed by atoms with Crippen LogP contribution in [0.15, 0.2) is 73.1 Å². The second-order valence-electron chi connectivity index (χ2n) is 6.68. The number of hydrogen-bond acceptors (Lipinski definition) is 4. The van der Waals surface area contributed by atoms with Gasteiger partial charge in [0.1, 0.15) is 23.6 Å². The smallest absolute Gasteiger partial charge is 0.416 e. The molecule has 31 heavy (non-hydrogen) atoms. The summed E-state index contributed by atoms with van der Waals surface area (Å²) in [5.41, 5.74) is 0.680. The third kappa shape index (κ3) is 4.91. The van der Waals surface area contributed by atoms with Crippen LogP contribution < -0.4 is 9.47 Å². The van der Waals surface area contributed by atoms with Gasteiger partial charge < -0.3 is 9.47 Å². The molecule has 4 rings (SSSR count). The molecule has 0 spiro atoms. The highest BCUT2D eigenvalue weighted by molar-refractivity contribution is 5.83. The quantitative estimate of drug-likeness (QED) is 0.343. The summed E-state index contributed by atoms with van der Waals surface area (Å²) in [4.78, 5) is 8.05. The van der Waals surface area contributed by atoms with Gasteiger partial charge in [-0.25, -0.2) is 14.4 Å². The van der Waals surface area contributed by atoms with Gasteiger partial charge in [0.15, 0.2) is 0 Å². The van der Waals surface area contributed by atoms with Crippen LogP contribution in [0.5, 0.6) is 17.4 Å². The third-order valence-corrected chi connectivity index (χ3v) is 4.55. The molecule has 3 aromatic carbocycles. The van der Waals surface area contributed by atoms with Gasteiger partial charge in [-0.1, -0.05) is 18.2 Å². The molecule has 0 amide bonds. The zero-order valence-electron chi connectivity index (χ0n) is 16.1. The minimum Gasteiger partial charge on any atom is -0.477 e. The van der Waals surface area contributed by atoms with Crippen LogP contribution in [0, 0.1) is 5.82 Å². The summed E-state index contributed by atoms with van der Waals surface area (Å²) in [5, 5.41) is 0.241. The van der Waals surface area contributed by atoms with Crippen LogP contribution in [0.1, 0.15) is 11.1 Å². The van der Waals surface area contributed by atoms with Crippen molar-refractivity contribution in [1.82, 2.24) is 9.97 Å². The Labute approximate surface area is 175 Å². The summed E-state index contributed by atoms with van der Waals surface area (Å²) >= 11 is 0. The van der Waals surface area contributed by atoms with Crippen molar-refractivity contribution in [3.63, 3.8) is 0 Å². The highest BCUT2D eigenvalue weighted by Gasteiger charge is 2.30. The molecule has 0 atom stereocenters. The van der Waals surface area contributed by atoms with Crippen LogP contribution in [-0.4, -0.2) is 16.6 Å². The first-order valence-electron chi connectivity index (χ1n) is 9.36. The highest BCUT2D eigenvalue weighted by atomic mass is 19.4. The summed E-state index contributed by atoms with van der Waals surface area (Å²) in [6.07, 6.45) is -2.52. The van der Waals surface area contributed by atoms with Crippen molar-refractivity contribution in [1.29, 1.82) is 0 Å². The molecule has 0 saturated carbocycles. The normalized spacial score (nSPS) is 11.5. The number of halogens is 4. The van der Waals surface area contributed by atoms with Crippen LogP contribution in [-0.2, 0) is 12.6 Å². The molecule has 1 aromatic heterocycles. The Kier molecular flexibility index (Phi) is 5.70. The number of alkyl halides is 3. The largest absolute Gasteiger partial charge is 0.477 e. The molecule has 1 heterocycles. The topological polar surface area (TPSA) is 44.2 Å². The minimum atomic E-state index is -4.38. The van der Waals surface area contributed by atoms with E-state index < -0.39 is 17.6 Å². The fourth-order valence-electron chi connectivity index (χ4n) is 2.99. The Balaban J connectivity index is 1.35. The summed E-state index contributed by atoms with van der Waals surface area (Å²) in [6, 6.07) is 16.1. The molecular weight excluding hydrogens is 412 g/mol. The summed E-state index contributed by atoms with van der Waals surface area (Å²) < 4.78 is 63.2. The fraction of sp³-hybridized carbons (Fsp3) is 0.130. The monoisotopic (exact) mass is 428 g/mol. The van der Waals surface area contributed by atoms with Crippen LogP contribution in [0.25, 0.3) is 10.9 Å². The van der Waals surface area contributed by atoms with Gasteiger partial charge in [0.05, 0.1) is 23.1 Å². The maximum atomic E-state index is 14.1. The Morgan fingerprint density at radius 2 is 1.48 bits per heavy atom. The second-order valence-corrected chi connectivity index (χ2v) is 6.68. The van der Waals surface area contributed by atoms with E-state index in [4.69, 9.17) is 9.47 Å². The van der Waals surface area contributed by atoms with E-state index in [0.29, 0.717) is 23.4 Å². The number of rotatable bonds is 6. The molecular formula is C23H16F4N2O2. The maximum Gasteiger partial charge on any atom is 0.416 e. The predicted molar refractivity (Wildman–Crippen MR) is 107 cm³/mol. The molecule has 0 N–H and O–H groups in total. The van der Waals surface area contributed by atoms with E-state index >= 15 is 0 Å². The lowest BCUT2D eigenvalue weighted by Gasteiger charge is -2.10. The van der Waals surface area contributed by atoms with Crippen molar-refractivity contribution in [2.24, 2.45) is 0 Å². The Bertz CT molecular complexity index is 1170. The van der Waals surface area contributed by atoms with Gasteiger partial charge in [-0.15, -0.1) is 0 Å². The van der Waals surface area contributed by atoms with Crippen molar-refractivity contribution >= 4 is 10.9 Å². The molecule has 0 saturated heterocycles. The van der Waals surface area contributed by atoms with Crippen LogP contribution in [0.2, 0.25) is 0 Å². The first-order chi connectivity index (χ1) is 14.9. The van der Waals surface area contributed by atoms with Gasteiger partial charge in [-0.05, 0) is 54.1 Å². The summed E-state index contributed by atoms with van der Waals surface area (Å²) in [5.74, 6) is 0.540. The number of aromatic nitrogens is 2. The lowest BCUT2D eigenvalue weighted by atomic mass is 10.1. The molecule has 158 valence electrons. The molecule has 0 bridgehead atoms. The van der Waals surface area contributed by atoms with Gasteiger partial charge in [0, 0.05) is 6.42 Å². The SMILES string of the molecule is Fc1cccc2ncnc(OCCc3ccc(Oc4ccc(C(F)(F)F)cc4)cc3)c12. The number of nitrogens with zero attached hydrogens (tertiary/aromatic N) is 2. The summed E-state index contributed by atoms with van der Waals surface area (Å²) in [6.45, 7) is 0.277. The molecule has 4 nitrogen and oxygen atoms in total. The van der Waals surface area contributed by atoms with Gasteiger partial charge in [0.2, 0.25) is 5.88 Å². The van der Waals surface area contributed by atoms with Crippen LogP contribution >= 0.6 is 0 Å². The van der Waals surface area contributed by atoms with E-state index in [-0.39, 0.29) is 17.9 Å². The van der Waals surface area contributed by atoms with E-state index in [2.05, 4.69) is 9.97 Å². The van der Waals surface area contributed by atoms with E-state index in [1.807, 2.05) is 12.1 Å². The molecule has 8 heteroatoms. The third-order valence-electron chi connectivity index (χ3n) is 4.55. The standard InChI is InChI=1S/C23H16F4N2O2/c24-19-2-1-3-20-21(19)22(29-14-28-20)30-13-12-15-4-8-17(9-5-15)31-18-10-6-16(7-11-18)23(25,26)27/h1-11,14H,12-13H2. The van der Waals surface area contributed by atoms with Gasteiger partial charge >= 0.3 is 6.18 Å². The van der Waals surface area contributed by atoms with Gasteiger partial charge in [0.25, 0.3) is 0 Å². The van der Waals surface area contributed by atoms with Crippen molar-refractivity contribution < 1.29 is 27.0 Å². The minimum absolute atomic E-state index is 0.186. The molecule has 0 aliphatic rings. The molecule has 0 radical (unpaired) electrons. The van der Waals surface area contributed by atoms with Gasteiger partial charge in [-0.3, -0.25) is 0 Å². The van der Waals surface area contributed by atoms with Crippen LogP contribution in [0.4, 0.5) is 17.6 Å². The number of benzene rings is 3. The van der Waals surface area contributed by atoms with E-state index in [9.17, 15) is 17.6 Å². The average Bonchev–Trinajstić information content (AvgIpc) is 2.75. The molecule has 0 aliphatic heterocycles. The van der Waals surface area contributed by atoms with E-state index in [0.717, 1.165) is 17.7 Å². The van der Waals surface area contributed by atoms with Crippen molar-refractivity contribution in [2.75, 3.05) is 6.61 Å². The zero-order valence-corrected chi connectivity index (χ0v) is 16.1. The van der Waals surface area contributed by atoms with Crippen molar-refractivity contribution in [2.45, 2.75) is 12.6 Å². The van der Waals surface area contributed by atoms with E-state index in [1.165, 1.54) is 24.5 Å². The Hall–Kier alpha value is -3.68. The summed E-state index contributed by atoms with van der Waals surface area (Å²) in [7, 11) is 0. The first kappa shape index (κ1) is 20.6. The number of ether oxygens (including phenoxy) is 2. The van der Waals surface area contributed by atoms with E-state index in [1.54, 1.807) is 24.3 Å². The Morgan fingerprint density at radius 3 is 2.16 bits per heavy atom. The number of fused-ring (bicyclic) bond motifs is 1. The average molecular weight is 428 g/mol. The molecule has 4 aromatic rings.